The number of hydrogen-bond donors (Lipinski definition) is 0. The topological polar surface area (TPSA) is 86.7 Å². The van der Waals surface area contributed by atoms with Crippen molar-refractivity contribution in [1.82, 2.24) is 0 Å². The van der Waals surface area contributed by atoms with Crippen LogP contribution in [0.25, 0.3) is 0 Å². The summed E-state index contributed by atoms with van der Waals surface area (Å²) in [6, 6.07) is 0. The van der Waals surface area contributed by atoms with E-state index in [0.29, 0.717) is 11.8 Å². The summed E-state index contributed by atoms with van der Waals surface area (Å²) in [5.41, 5.74) is 0. The number of carbonyl (C=O) groups is 4. The van der Waals surface area contributed by atoms with Crippen molar-refractivity contribution in [3.63, 3.8) is 0 Å². The van der Waals surface area contributed by atoms with Crippen LogP contribution in [-0.4, -0.2) is 36.2 Å². The number of esters is 2. The molecule has 0 aromatic carbocycles. The van der Waals surface area contributed by atoms with E-state index in [1.54, 1.807) is 13.8 Å². The summed E-state index contributed by atoms with van der Waals surface area (Å²) < 4.78 is 10.8. The molecule has 1 saturated carbocycles. The SMILES string of the molecule is CCOC(=O)[C@H](C(C)=O)[C@H](C)[C@@H](C(C)=O)C(=O)O[C@@H]1C[C@H](C)CC[C@@H]1C(C)C. The highest BCUT2D eigenvalue weighted by atomic mass is 16.5. The number of ketones is 2. The highest BCUT2D eigenvalue weighted by Crippen LogP contribution is 2.36. The molecular weight excluding hydrogens is 360 g/mol. The van der Waals surface area contributed by atoms with Crippen LogP contribution in [0, 0.1) is 35.5 Å². The lowest BCUT2D eigenvalue weighted by Crippen LogP contribution is -2.43. The van der Waals surface area contributed by atoms with Crippen molar-refractivity contribution >= 4 is 23.5 Å². The normalized spacial score (nSPS) is 25.5. The molecule has 0 aromatic heterocycles. The molecule has 28 heavy (non-hydrogen) atoms. The van der Waals surface area contributed by atoms with Crippen molar-refractivity contribution in [3.8, 4) is 0 Å². The number of carbonyl (C=O) groups excluding carboxylic acids is 4. The fourth-order valence-corrected chi connectivity index (χ4v) is 4.40. The maximum atomic E-state index is 13.0. The smallest absolute Gasteiger partial charge is 0.317 e. The van der Waals surface area contributed by atoms with Crippen molar-refractivity contribution in [2.75, 3.05) is 6.61 Å². The fraction of sp³-hybridized carbons (Fsp3) is 0.818. The second-order valence-electron chi connectivity index (χ2n) is 8.59. The van der Waals surface area contributed by atoms with Gasteiger partial charge in [-0.3, -0.25) is 19.2 Å². The first kappa shape index (κ1) is 24.3. The molecule has 0 saturated heterocycles. The predicted octanol–water partition coefficient (Wildman–Crippen LogP) is 3.60. The Morgan fingerprint density at radius 1 is 0.929 bits per heavy atom. The quantitative estimate of drug-likeness (QED) is 0.437. The molecule has 0 aliphatic heterocycles. The third-order valence-electron chi connectivity index (χ3n) is 5.95. The lowest BCUT2D eigenvalue weighted by atomic mass is 9.75. The molecule has 0 radical (unpaired) electrons. The first-order chi connectivity index (χ1) is 13.0. The zero-order valence-electron chi connectivity index (χ0n) is 18.3. The molecule has 1 aliphatic carbocycles. The van der Waals surface area contributed by atoms with Crippen molar-refractivity contribution in [1.29, 1.82) is 0 Å². The monoisotopic (exact) mass is 396 g/mol. The third-order valence-corrected chi connectivity index (χ3v) is 5.95. The molecule has 1 fully saturated rings. The second-order valence-corrected chi connectivity index (χ2v) is 8.59. The average molecular weight is 397 g/mol. The van der Waals surface area contributed by atoms with E-state index < -0.39 is 41.3 Å². The standard InChI is InChI=1S/C22H36O6/c1-8-27-21(25)19(15(6)23)14(5)20(16(7)24)22(26)28-18-11-13(4)9-10-17(18)12(2)3/h12-14,17-20H,8-11H2,1-7H3/t13-,14+,17-,18-,19+,20+/m1/s1. The van der Waals surface area contributed by atoms with Crippen LogP contribution in [0.2, 0.25) is 0 Å². The molecule has 6 heteroatoms. The van der Waals surface area contributed by atoms with Gasteiger partial charge in [0.15, 0.2) is 0 Å². The van der Waals surface area contributed by atoms with Crippen LogP contribution in [0.4, 0.5) is 0 Å². The van der Waals surface area contributed by atoms with E-state index in [2.05, 4.69) is 20.8 Å². The lowest BCUT2D eigenvalue weighted by molar-refractivity contribution is -0.167. The van der Waals surface area contributed by atoms with Gasteiger partial charge in [-0.15, -0.1) is 0 Å². The Bertz CT molecular complexity index is 582. The van der Waals surface area contributed by atoms with Gasteiger partial charge in [0, 0.05) is 0 Å². The summed E-state index contributed by atoms with van der Waals surface area (Å²) in [5, 5.41) is 0. The maximum absolute atomic E-state index is 13.0. The Labute approximate surface area is 168 Å². The summed E-state index contributed by atoms with van der Waals surface area (Å²) in [6.45, 7) is 12.3. The number of hydrogen-bond acceptors (Lipinski definition) is 6. The average Bonchev–Trinajstić information content (AvgIpc) is 2.54. The van der Waals surface area contributed by atoms with Crippen molar-refractivity contribution in [2.24, 2.45) is 35.5 Å². The molecule has 0 amide bonds. The van der Waals surface area contributed by atoms with E-state index in [4.69, 9.17) is 9.47 Å². The lowest BCUT2D eigenvalue weighted by Gasteiger charge is -2.37. The molecule has 1 aliphatic rings. The van der Waals surface area contributed by atoms with E-state index in [9.17, 15) is 19.2 Å². The van der Waals surface area contributed by atoms with Crippen LogP contribution in [0.5, 0.6) is 0 Å². The molecule has 0 aromatic rings. The highest BCUT2D eigenvalue weighted by Gasteiger charge is 2.43. The van der Waals surface area contributed by atoms with Crippen LogP contribution in [0.1, 0.15) is 67.7 Å². The second kappa shape index (κ2) is 10.7. The van der Waals surface area contributed by atoms with Gasteiger partial charge in [-0.1, -0.05) is 34.1 Å². The van der Waals surface area contributed by atoms with E-state index in [1.165, 1.54) is 13.8 Å². The van der Waals surface area contributed by atoms with Crippen molar-refractivity contribution in [3.05, 3.63) is 0 Å². The minimum atomic E-state index is -1.16. The zero-order valence-corrected chi connectivity index (χ0v) is 18.3. The van der Waals surface area contributed by atoms with Crippen LogP contribution in [0.3, 0.4) is 0 Å². The van der Waals surface area contributed by atoms with Gasteiger partial charge in [0.1, 0.15) is 29.5 Å². The largest absolute Gasteiger partial charge is 0.465 e. The highest BCUT2D eigenvalue weighted by molar-refractivity contribution is 6.02. The predicted molar refractivity (Wildman–Crippen MR) is 105 cm³/mol. The number of ether oxygens (including phenoxy) is 2. The third kappa shape index (κ3) is 6.14. The first-order valence-electron chi connectivity index (χ1n) is 10.4. The Kier molecular flexibility index (Phi) is 9.31. The Morgan fingerprint density at radius 3 is 1.93 bits per heavy atom. The molecule has 160 valence electrons. The summed E-state index contributed by atoms with van der Waals surface area (Å²) in [6.07, 6.45) is 2.60. The van der Waals surface area contributed by atoms with Gasteiger partial charge >= 0.3 is 11.9 Å². The van der Waals surface area contributed by atoms with Crippen LogP contribution in [-0.2, 0) is 28.7 Å². The fourth-order valence-electron chi connectivity index (χ4n) is 4.40. The van der Waals surface area contributed by atoms with Gasteiger partial charge in [-0.05, 0) is 57.3 Å². The number of rotatable bonds is 9. The van der Waals surface area contributed by atoms with Crippen LogP contribution in [0.15, 0.2) is 0 Å². The number of Topliss-reactive ketones (excluding diaryl/α,β-unsaturated/α-hetero) is 2. The molecule has 0 N–H and O–H groups in total. The minimum Gasteiger partial charge on any atom is -0.465 e. The van der Waals surface area contributed by atoms with E-state index in [-0.39, 0.29) is 18.6 Å². The van der Waals surface area contributed by atoms with E-state index in [1.807, 2.05) is 0 Å². The van der Waals surface area contributed by atoms with E-state index >= 15 is 0 Å². The summed E-state index contributed by atoms with van der Waals surface area (Å²) in [4.78, 5) is 49.6. The summed E-state index contributed by atoms with van der Waals surface area (Å²) in [5.74, 6) is -4.25. The van der Waals surface area contributed by atoms with Crippen molar-refractivity contribution < 1.29 is 28.7 Å². The zero-order chi connectivity index (χ0) is 21.6. The molecule has 0 heterocycles. The molecule has 6 atom stereocenters. The Morgan fingerprint density at radius 2 is 1.46 bits per heavy atom. The molecule has 0 unspecified atom stereocenters. The van der Waals surface area contributed by atoms with Gasteiger partial charge < -0.3 is 9.47 Å². The first-order valence-corrected chi connectivity index (χ1v) is 10.4. The molecule has 0 bridgehead atoms. The Balaban J connectivity index is 3.05. The minimum absolute atomic E-state index is 0.126. The molecule has 6 nitrogen and oxygen atoms in total. The summed E-state index contributed by atoms with van der Waals surface area (Å²) >= 11 is 0. The Hall–Kier alpha value is -1.72. The molecule has 0 spiro atoms. The van der Waals surface area contributed by atoms with Gasteiger partial charge in [-0.25, -0.2) is 0 Å². The molecule has 1 rings (SSSR count). The summed E-state index contributed by atoms with van der Waals surface area (Å²) in [7, 11) is 0. The van der Waals surface area contributed by atoms with Gasteiger partial charge in [0.2, 0.25) is 0 Å². The van der Waals surface area contributed by atoms with Crippen LogP contribution >= 0.6 is 0 Å². The van der Waals surface area contributed by atoms with Crippen molar-refractivity contribution in [2.45, 2.75) is 73.8 Å². The van der Waals surface area contributed by atoms with Crippen LogP contribution < -0.4 is 0 Å². The van der Waals surface area contributed by atoms with Gasteiger partial charge in [-0.2, -0.15) is 0 Å². The molecular formula is C22H36O6. The van der Waals surface area contributed by atoms with E-state index in [0.717, 1.165) is 19.3 Å². The maximum Gasteiger partial charge on any atom is 0.317 e. The van der Waals surface area contributed by atoms with Gasteiger partial charge in [0.25, 0.3) is 0 Å². The van der Waals surface area contributed by atoms with Gasteiger partial charge in [0.05, 0.1) is 6.61 Å².